The first kappa shape index (κ1) is 18.4. The molecular formula is C22H18FN3OS. The van der Waals surface area contributed by atoms with Gasteiger partial charge in [0.05, 0.1) is 16.6 Å². The molecule has 0 aliphatic heterocycles. The van der Waals surface area contributed by atoms with Gasteiger partial charge in [0.15, 0.2) is 5.16 Å². The predicted octanol–water partition coefficient (Wildman–Crippen LogP) is 5.08. The van der Waals surface area contributed by atoms with Gasteiger partial charge in [-0.25, -0.2) is 9.37 Å². The van der Waals surface area contributed by atoms with Crippen LogP contribution in [0.3, 0.4) is 0 Å². The number of rotatable bonds is 4. The molecular weight excluding hydrogens is 373 g/mol. The van der Waals surface area contributed by atoms with Crippen molar-refractivity contribution in [1.82, 2.24) is 14.5 Å². The third-order valence-electron chi connectivity index (χ3n) is 4.59. The zero-order chi connectivity index (χ0) is 19.7. The van der Waals surface area contributed by atoms with Gasteiger partial charge in [0, 0.05) is 17.6 Å². The van der Waals surface area contributed by atoms with Gasteiger partial charge in [-0.05, 0) is 55.3 Å². The fraction of sp³-hybridized carbons (Fsp3) is 0.136. The van der Waals surface area contributed by atoms with Crippen molar-refractivity contribution in [2.75, 3.05) is 0 Å². The molecule has 0 amide bonds. The van der Waals surface area contributed by atoms with Crippen LogP contribution in [0.2, 0.25) is 0 Å². The molecule has 0 N–H and O–H groups in total. The van der Waals surface area contributed by atoms with E-state index in [1.165, 1.54) is 22.4 Å². The number of benzene rings is 2. The minimum absolute atomic E-state index is 0.0170. The topological polar surface area (TPSA) is 47.8 Å². The van der Waals surface area contributed by atoms with E-state index in [0.717, 1.165) is 5.56 Å². The number of thioether (sulfide) groups is 1. The zero-order valence-electron chi connectivity index (χ0n) is 15.5. The van der Waals surface area contributed by atoms with E-state index in [9.17, 15) is 9.18 Å². The average molecular weight is 391 g/mol. The summed E-state index contributed by atoms with van der Waals surface area (Å²) in [5.74, 6) is -0.353. The molecule has 1 unspecified atom stereocenters. The molecule has 2 aromatic carbocycles. The van der Waals surface area contributed by atoms with Gasteiger partial charge >= 0.3 is 0 Å². The van der Waals surface area contributed by atoms with Crippen LogP contribution in [0.15, 0.2) is 76.9 Å². The van der Waals surface area contributed by atoms with E-state index in [-0.39, 0.29) is 16.6 Å². The maximum Gasteiger partial charge on any atom is 0.266 e. The van der Waals surface area contributed by atoms with Crippen LogP contribution >= 0.6 is 11.8 Å². The standard InChI is InChI=1S/C22H18FN3OS/c1-14-9-10-17(12-19(14)23)26-21(27)18-7-3-4-8-20(18)25-22(26)28-15(2)16-6-5-11-24-13-16/h3-13,15H,1-2H3. The lowest BCUT2D eigenvalue weighted by Crippen LogP contribution is -2.22. The Balaban J connectivity index is 1.91. The van der Waals surface area contributed by atoms with E-state index in [1.54, 1.807) is 43.6 Å². The molecule has 0 aliphatic carbocycles. The molecule has 0 saturated heterocycles. The SMILES string of the molecule is Cc1ccc(-n2c(SC(C)c3cccnc3)nc3ccccc3c2=O)cc1F. The van der Waals surface area contributed by atoms with E-state index >= 15 is 0 Å². The van der Waals surface area contributed by atoms with Crippen molar-refractivity contribution in [2.45, 2.75) is 24.3 Å². The van der Waals surface area contributed by atoms with Crippen molar-refractivity contribution < 1.29 is 4.39 Å². The lowest BCUT2D eigenvalue weighted by Gasteiger charge is -2.17. The summed E-state index contributed by atoms with van der Waals surface area (Å²) in [5.41, 5.74) is 2.43. The summed E-state index contributed by atoms with van der Waals surface area (Å²) in [6, 6.07) is 15.9. The Bertz CT molecular complexity index is 1210. The van der Waals surface area contributed by atoms with E-state index in [4.69, 9.17) is 4.98 Å². The Kier molecular flexibility index (Phi) is 4.96. The lowest BCUT2D eigenvalue weighted by molar-refractivity contribution is 0.615. The summed E-state index contributed by atoms with van der Waals surface area (Å²) in [6.07, 6.45) is 3.52. The van der Waals surface area contributed by atoms with Crippen molar-refractivity contribution in [3.05, 3.63) is 94.3 Å². The van der Waals surface area contributed by atoms with Gasteiger partial charge in [0.2, 0.25) is 0 Å². The second kappa shape index (κ2) is 7.56. The highest BCUT2D eigenvalue weighted by Gasteiger charge is 2.17. The van der Waals surface area contributed by atoms with Crippen LogP contribution in [-0.2, 0) is 0 Å². The fourth-order valence-electron chi connectivity index (χ4n) is 2.98. The molecule has 0 bridgehead atoms. The summed E-state index contributed by atoms with van der Waals surface area (Å²) < 4.78 is 15.7. The third kappa shape index (κ3) is 3.43. The van der Waals surface area contributed by atoms with Crippen molar-refractivity contribution in [3.8, 4) is 5.69 Å². The molecule has 0 radical (unpaired) electrons. The first-order chi connectivity index (χ1) is 13.5. The molecule has 140 valence electrons. The first-order valence-electron chi connectivity index (χ1n) is 8.89. The molecule has 28 heavy (non-hydrogen) atoms. The average Bonchev–Trinajstić information content (AvgIpc) is 2.71. The molecule has 0 fully saturated rings. The molecule has 1 atom stereocenters. The predicted molar refractivity (Wildman–Crippen MR) is 111 cm³/mol. The monoisotopic (exact) mass is 391 g/mol. The highest BCUT2D eigenvalue weighted by Crippen LogP contribution is 2.34. The Labute approximate surface area is 166 Å². The van der Waals surface area contributed by atoms with Crippen LogP contribution in [-0.4, -0.2) is 14.5 Å². The molecule has 4 aromatic rings. The van der Waals surface area contributed by atoms with E-state index < -0.39 is 0 Å². The number of fused-ring (bicyclic) bond motifs is 1. The number of pyridine rings is 1. The van der Waals surface area contributed by atoms with Gasteiger partial charge in [0.25, 0.3) is 5.56 Å². The van der Waals surface area contributed by atoms with Crippen molar-refractivity contribution in [3.63, 3.8) is 0 Å². The van der Waals surface area contributed by atoms with Gasteiger partial charge in [-0.1, -0.05) is 36.0 Å². The maximum atomic E-state index is 14.2. The number of halogens is 1. The molecule has 6 heteroatoms. The molecule has 4 rings (SSSR count). The van der Waals surface area contributed by atoms with E-state index in [0.29, 0.717) is 27.3 Å². The summed E-state index contributed by atoms with van der Waals surface area (Å²) in [6.45, 7) is 3.73. The zero-order valence-corrected chi connectivity index (χ0v) is 16.3. The fourth-order valence-corrected chi connectivity index (χ4v) is 4.02. The second-order valence-corrected chi connectivity index (χ2v) is 7.84. The number of aryl methyl sites for hydroxylation is 1. The Hall–Kier alpha value is -2.99. The van der Waals surface area contributed by atoms with Crippen LogP contribution in [0.1, 0.15) is 23.3 Å². The van der Waals surface area contributed by atoms with Crippen LogP contribution in [0.25, 0.3) is 16.6 Å². The molecule has 0 aliphatic rings. The van der Waals surface area contributed by atoms with Crippen LogP contribution in [0.4, 0.5) is 4.39 Å². The minimum Gasteiger partial charge on any atom is -0.268 e. The first-order valence-corrected chi connectivity index (χ1v) is 9.77. The highest BCUT2D eigenvalue weighted by atomic mass is 32.2. The quantitative estimate of drug-likeness (QED) is 0.359. The van der Waals surface area contributed by atoms with Gasteiger partial charge in [0.1, 0.15) is 5.82 Å². The molecule has 2 aromatic heterocycles. The normalized spacial score (nSPS) is 12.2. The molecule has 2 heterocycles. The third-order valence-corrected chi connectivity index (χ3v) is 5.70. The second-order valence-electron chi connectivity index (χ2n) is 6.53. The van der Waals surface area contributed by atoms with Crippen LogP contribution < -0.4 is 5.56 Å². The van der Waals surface area contributed by atoms with Gasteiger partial charge in [-0.3, -0.25) is 14.3 Å². The summed E-state index contributed by atoms with van der Waals surface area (Å²) in [4.78, 5) is 22.1. The summed E-state index contributed by atoms with van der Waals surface area (Å²) in [7, 11) is 0. The van der Waals surface area contributed by atoms with Crippen molar-refractivity contribution in [2.24, 2.45) is 0 Å². The summed E-state index contributed by atoms with van der Waals surface area (Å²) >= 11 is 1.45. The van der Waals surface area contributed by atoms with Gasteiger partial charge in [-0.15, -0.1) is 0 Å². The molecule has 0 saturated carbocycles. The molecule has 0 spiro atoms. The Morgan fingerprint density at radius 3 is 2.68 bits per heavy atom. The van der Waals surface area contributed by atoms with Crippen molar-refractivity contribution in [1.29, 1.82) is 0 Å². The number of hydrogen-bond acceptors (Lipinski definition) is 4. The Morgan fingerprint density at radius 1 is 1.11 bits per heavy atom. The van der Waals surface area contributed by atoms with Crippen LogP contribution in [0.5, 0.6) is 0 Å². The summed E-state index contributed by atoms with van der Waals surface area (Å²) in [5, 5.41) is 1.04. The van der Waals surface area contributed by atoms with Crippen molar-refractivity contribution >= 4 is 22.7 Å². The van der Waals surface area contributed by atoms with Crippen LogP contribution in [0, 0.1) is 12.7 Å². The van der Waals surface area contributed by atoms with E-state index in [1.807, 2.05) is 31.2 Å². The number of nitrogens with zero attached hydrogens (tertiary/aromatic N) is 3. The minimum atomic E-state index is -0.353. The number of hydrogen-bond donors (Lipinski definition) is 0. The smallest absolute Gasteiger partial charge is 0.266 e. The van der Waals surface area contributed by atoms with E-state index in [2.05, 4.69) is 4.98 Å². The lowest BCUT2D eigenvalue weighted by atomic mass is 10.2. The Morgan fingerprint density at radius 2 is 1.93 bits per heavy atom. The number of para-hydroxylation sites is 1. The molecule has 4 nitrogen and oxygen atoms in total. The van der Waals surface area contributed by atoms with Gasteiger partial charge in [-0.2, -0.15) is 0 Å². The maximum absolute atomic E-state index is 14.2. The largest absolute Gasteiger partial charge is 0.268 e. The highest BCUT2D eigenvalue weighted by molar-refractivity contribution is 7.99. The number of aromatic nitrogens is 3. The van der Waals surface area contributed by atoms with Gasteiger partial charge < -0.3 is 0 Å².